The van der Waals surface area contributed by atoms with Crippen LogP contribution in [0.25, 0.3) is 0 Å². The Kier molecular flexibility index (Phi) is 6.67. The molecule has 0 aromatic heterocycles. The van der Waals surface area contributed by atoms with Crippen LogP contribution in [-0.4, -0.2) is 41.4 Å². The summed E-state index contributed by atoms with van der Waals surface area (Å²) in [5, 5.41) is 0. The summed E-state index contributed by atoms with van der Waals surface area (Å²) < 4.78 is 11.9. The normalized spacial score (nSPS) is 13.9. The van der Waals surface area contributed by atoms with Crippen molar-refractivity contribution in [2.75, 3.05) is 7.05 Å². The molecular weight excluding hydrogens is 174 g/mol. The summed E-state index contributed by atoms with van der Waals surface area (Å²) in [7, 11) is 1.62. The maximum absolute atomic E-state index is 5.18. The van der Waals surface area contributed by atoms with E-state index in [1.165, 1.54) is 0 Å². The molecular formula is CH11NO2SSi3. The molecule has 0 N–H and O–H groups in total. The Morgan fingerprint density at radius 3 is 2.75 bits per heavy atom. The molecule has 0 aliphatic heterocycles. The third-order valence-corrected chi connectivity index (χ3v) is 3.54. The largest absolute Gasteiger partial charge is 0.449 e. The van der Waals surface area contributed by atoms with E-state index in [-0.39, 0.29) is 0 Å². The number of rotatable bonds is 4. The molecule has 0 rings (SSSR count). The molecule has 7 heteroatoms. The summed E-state index contributed by atoms with van der Waals surface area (Å²) in [6, 6.07) is 0. The molecule has 0 spiro atoms. The molecule has 0 saturated heterocycles. The highest BCUT2D eigenvalue weighted by Crippen LogP contribution is 1.80. The summed E-state index contributed by atoms with van der Waals surface area (Å²) in [6.07, 6.45) is 0. The maximum atomic E-state index is 5.18. The number of thiol groups is 1. The smallest absolute Gasteiger partial charge is 0.283 e. The highest BCUT2D eigenvalue weighted by Gasteiger charge is 1.89. The first kappa shape index (κ1) is 8.88. The molecule has 0 aliphatic rings. The zero-order chi connectivity index (χ0) is 6.41. The molecule has 0 atom stereocenters. The fourth-order valence-corrected chi connectivity index (χ4v) is 4.51. The second-order valence-corrected chi connectivity index (χ2v) is 8.00. The van der Waals surface area contributed by atoms with E-state index in [1.54, 1.807) is 0 Å². The minimum absolute atomic E-state index is 0.508. The molecule has 0 saturated carbocycles. The summed E-state index contributed by atoms with van der Waals surface area (Å²) in [4.78, 5) is 0. The quantitative estimate of drug-likeness (QED) is 0.288. The maximum Gasteiger partial charge on any atom is 0.283 e. The van der Waals surface area contributed by atoms with Gasteiger partial charge in [-0.3, -0.25) is 3.97 Å². The number of nitrogens with zero attached hydrogens (tertiary/aromatic N) is 1. The Hall–Kier alpha value is 0.881. The van der Waals surface area contributed by atoms with E-state index in [9.17, 15) is 0 Å². The minimum atomic E-state index is -0.588. The van der Waals surface area contributed by atoms with Crippen molar-refractivity contribution in [1.29, 1.82) is 0 Å². The monoisotopic (exact) mass is 185 g/mol. The summed E-state index contributed by atoms with van der Waals surface area (Å²) in [5.74, 6) is 0. The van der Waals surface area contributed by atoms with Gasteiger partial charge in [-0.1, -0.05) is 0 Å². The van der Waals surface area contributed by atoms with Gasteiger partial charge in [0.1, 0.15) is 10.5 Å². The van der Waals surface area contributed by atoms with Gasteiger partial charge in [-0.05, 0) is 7.05 Å². The van der Waals surface area contributed by atoms with Crippen molar-refractivity contribution in [2.45, 2.75) is 0 Å². The Bertz CT molecular complexity index is 54.5. The van der Waals surface area contributed by atoms with Gasteiger partial charge in [0.15, 0.2) is 0 Å². The Labute approximate surface area is 62.9 Å². The molecule has 0 radical (unpaired) electrons. The summed E-state index contributed by atoms with van der Waals surface area (Å²) in [6.45, 7) is 0. The van der Waals surface area contributed by atoms with E-state index in [0.717, 1.165) is 10.5 Å². The molecule has 0 aromatic carbocycles. The Morgan fingerprint density at radius 1 is 1.75 bits per heavy atom. The molecule has 8 heavy (non-hydrogen) atoms. The second kappa shape index (κ2) is 6.01. The van der Waals surface area contributed by atoms with Crippen LogP contribution < -0.4 is 0 Å². The van der Waals surface area contributed by atoms with Crippen molar-refractivity contribution >= 4 is 43.2 Å². The van der Waals surface area contributed by atoms with Crippen molar-refractivity contribution < 1.29 is 8.23 Å². The molecule has 0 bridgehead atoms. The molecule has 0 aromatic rings. The van der Waals surface area contributed by atoms with Crippen molar-refractivity contribution in [3.8, 4) is 0 Å². The van der Waals surface area contributed by atoms with Crippen LogP contribution in [0.1, 0.15) is 0 Å². The minimum Gasteiger partial charge on any atom is -0.449 e. The predicted octanol–water partition coefficient (Wildman–Crippen LogP) is -2.93. The third kappa shape index (κ3) is 6.88. The third-order valence-electron chi connectivity index (χ3n) is 0.479. The molecule has 0 amide bonds. The van der Waals surface area contributed by atoms with E-state index in [2.05, 4.69) is 12.8 Å². The van der Waals surface area contributed by atoms with Gasteiger partial charge in [0.05, 0.1) is 0 Å². The van der Waals surface area contributed by atoms with Crippen LogP contribution >= 0.6 is 12.8 Å². The molecule has 0 fully saturated rings. The lowest BCUT2D eigenvalue weighted by Crippen LogP contribution is -2.18. The Balaban J connectivity index is 2.72. The number of hydrogen-bond donors (Lipinski definition) is 1. The van der Waals surface area contributed by atoms with Gasteiger partial charge in [0, 0.05) is 0 Å². The Morgan fingerprint density at radius 2 is 2.38 bits per heavy atom. The van der Waals surface area contributed by atoms with Crippen LogP contribution in [0, 0.1) is 0 Å². The van der Waals surface area contributed by atoms with E-state index >= 15 is 0 Å². The van der Waals surface area contributed by atoms with E-state index < -0.39 is 19.9 Å². The average Bonchev–Trinajstić information content (AvgIpc) is 1.66. The van der Waals surface area contributed by atoms with Gasteiger partial charge < -0.3 is 8.23 Å². The fourth-order valence-electron chi connectivity index (χ4n) is 0.253. The molecule has 0 aliphatic carbocycles. The lowest BCUT2D eigenvalue weighted by Gasteiger charge is -2.06. The van der Waals surface area contributed by atoms with Gasteiger partial charge in [-0.25, -0.2) is 0 Å². The predicted molar refractivity (Wildman–Crippen MR) is 45.9 cm³/mol. The zero-order valence-corrected chi connectivity index (χ0v) is 10.8. The van der Waals surface area contributed by atoms with Crippen molar-refractivity contribution in [3.05, 3.63) is 0 Å². The standard InChI is InChI=1S/CH11NO2SSi3/c1-2(5)7-4-8-3-6/h5H,7-8H2,1,6H3. The van der Waals surface area contributed by atoms with Crippen LogP contribution in [0.5, 0.6) is 0 Å². The summed E-state index contributed by atoms with van der Waals surface area (Å²) in [5.41, 5.74) is 0. The van der Waals surface area contributed by atoms with Gasteiger partial charge >= 0.3 is 0 Å². The van der Waals surface area contributed by atoms with Crippen LogP contribution in [0.3, 0.4) is 0 Å². The topological polar surface area (TPSA) is 21.7 Å². The van der Waals surface area contributed by atoms with Gasteiger partial charge in [-0.2, -0.15) is 0 Å². The van der Waals surface area contributed by atoms with Crippen LogP contribution in [-0.2, 0) is 8.23 Å². The van der Waals surface area contributed by atoms with E-state index in [4.69, 9.17) is 8.23 Å². The molecule has 3 nitrogen and oxygen atoms in total. The number of hydrogen-bond acceptors (Lipinski definition) is 4. The van der Waals surface area contributed by atoms with E-state index in [1.807, 2.05) is 11.0 Å². The SMILES string of the molecule is CN(S)[SiH2]O[SiH2]O[SiH3]. The summed E-state index contributed by atoms with van der Waals surface area (Å²) >= 11 is 4.02. The van der Waals surface area contributed by atoms with Crippen molar-refractivity contribution in [3.63, 3.8) is 0 Å². The molecule has 0 unspecified atom stereocenters. The average molecular weight is 185 g/mol. The zero-order valence-electron chi connectivity index (χ0n) is 5.13. The van der Waals surface area contributed by atoms with Crippen molar-refractivity contribution in [1.82, 2.24) is 3.97 Å². The molecule has 0 heterocycles. The van der Waals surface area contributed by atoms with Crippen LogP contribution in [0.2, 0.25) is 0 Å². The first-order valence-corrected chi connectivity index (χ1v) is 5.82. The van der Waals surface area contributed by atoms with Crippen LogP contribution in [0.4, 0.5) is 0 Å². The van der Waals surface area contributed by atoms with Crippen LogP contribution in [0.15, 0.2) is 0 Å². The highest BCUT2D eigenvalue weighted by molar-refractivity contribution is 7.78. The highest BCUT2D eigenvalue weighted by atomic mass is 32.1. The first-order valence-electron chi connectivity index (χ1n) is 2.24. The fraction of sp³-hybridized carbons (Fsp3) is 1.00. The first-order chi connectivity index (χ1) is 3.77. The van der Waals surface area contributed by atoms with E-state index in [0.29, 0.717) is 0 Å². The molecule has 50 valence electrons. The second-order valence-electron chi connectivity index (χ2n) is 1.40. The lowest BCUT2D eigenvalue weighted by atomic mass is 11.6. The van der Waals surface area contributed by atoms with Gasteiger partial charge in [0.25, 0.3) is 10.0 Å². The van der Waals surface area contributed by atoms with Gasteiger partial charge in [0.2, 0.25) is 9.92 Å². The van der Waals surface area contributed by atoms with Gasteiger partial charge in [-0.15, -0.1) is 12.8 Å². The van der Waals surface area contributed by atoms with Crippen molar-refractivity contribution in [2.24, 2.45) is 0 Å². The lowest BCUT2D eigenvalue weighted by molar-refractivity contribution is 0.484.